The van der Waals surface area contributed by atoms with E-state index in [0.717, 1.165) is 10.5 Å². The molecule has 0 saturated carbocycles. The Morgan fingerprint density at radius 1 is 1.17 bits per heavy atom. The number of ketones is 1. The largest absolute Gasteiger partial charge is 0.346 e. The number of hydrogen-bond acceptors (Lipinski definition) is 6. The first-order valence-corrected chi connectivity index (χ1v) is 12.2. The third-order valence-corrected chi connectivity index (χ3v) is 6.02. The zero-order valence-corrected chi connectivity index (χ0v) is 21.5. The molecule has 0 radical (unpaired) electrons. The highest BCUT2D eigenvalue weighted by Gasteiger charge is 2.47. The molecule has 1 aliphatic rings. The lowest BCUT2D eigenvalue weighted by molar-refractivity contribution is -0.141. The predicted molar refractivity (Wildman–Crippen MR) is 136 cm³/mol. The number of rotatable bonds is 13. The Morgan fingerprint density at radius 3 is 2.39 bits per heavy atom. The predicted octanol–water partition coefficient (Wildman–Crippen LogP) is 1.22. The second-order valence-electron chi connectivity index (χ2n) is 9.10. The van der Waals surface area contributed by atoms with Gasteiger partial charge in [0, 0.05) is 13.1 Å². The summed E-state index contributed by atoms with van der Waals surface area (Å²) in [5.74, 6) is -2.93. The van der Waals surface area contributed by atoms with Crippen LogP contribution in [0.2, 0.25) is 0 Å². The number of nitrogens with one attached hydrogen (secondary N) is 3. The van der Waals surface area contributed by atoms with Crippen LogP contribution in [0.4, 0.5) is 4.79 Å². The topological polar surface area (TPSA) is 128 Å². The number of imide groups is 1. The molecule has 10 heteroatoms. The average molecular weight is 500 g/mol. The zero-order chi connectivity index (χ0) is 26.8. The van der Waals surface area contributed by atoms with E-state index in [2.05, 4.69) is 22.5 Å². The Labute approximate surface area is 212 Å². The second kappa shape index (κ2) is 13.5. The van der Waals surface area contributed by atoms with Crippen molar-refractivity contribution < 1.29 is 24.0 Å². The van der Waals surface area contributed by atoms with Gasteiger partial charge in [-0.05, 0) is 24.9 Å². The standard InChI is InChI=1S/C26H37N5O5/c1-6-11-19(22(32)24(34)28-14-7-2)29-23(33)20-16-30(15-18-12-9-8-10-13-18)26(36)31(20)25(35)21(27-5)17(3)4/h7-10,12-13,17,19-21,27H,2,6,11,14-16H2,1,3-5H3,(H,28,34)(H,29,33). The van der Waals surface area contributed by atoms with Gasteiger partial charge in [0.2, 0.25) is 17.6 Å². The van der Waals surface area contributed by atoms with Gasteiger partial charge in [0.15, 0.2) is 0 Å². The molecule has 1 heterocycles. The maximum absolute atomic E-state index is 13.4. The third-order valence-electron chi connectivity index (χ3n) is 6.02. The molecule has 2 rings (SSSR count). The first-order valence-electron chi connectivity index (χ1n) is 12.2. The van der Waals surface area contributed by atoms with Gasteiger partial charge < -0.3 is 20.9 Å². The molecule has 1 aromatic carbocycles. The Morgan fingerprint density at radius 2 is 1.83 bits per heavy atom. The molecule has 3 N–H and O–H groups in total. The monoisotopic (exact) mass is 499 g/mol. The SMILES string of the molecule is C=CCNC(=O)C(=O)C(CCC)NC(=O)C1CN(Cc2ccccc2)C(=O)N1C(=O)C(NC)C(C)C. The first kappa shape index (κ1) is 28.7. The van der Waals surface area contributed by atoms with Crippen LogP contribution in [-0.4, -0.2) is 77.6 Å². The molecule has 0 aromatic heterocycles. The van der Waals surface area contributed by atoms with E-state index in [9.17, 15) is 24.0 Å². The molecule has 196 valence electrons. The second-order valence-corrected chi connectivity index (χ2v) is 9.10. The minimum Gasteiger partial charge on any atom is -0.346 e. The van der Waals surface area contributed by atoms with Gasteiger partial charge in [0.25, 0.3) is 5.91 Å². The summed E-state index contributed by atoms with van der Waals surface area (Å²) < 4.78 is 0. The van der Waals surface area contributed by atoms with Crippen LogP contribution in [-0.2, 0) is 25.7 Å². The van der Waals surface area contributed by atoms with Crippen molar-refractivity contribution in [1.29, 1.82) is 0 Å². The van der Waals surface area contributed by atoms with E-state index in [1.165, 1.54) is 11.0 Å². The number of Topliss-reactive ketones (excluding diaryl/α,β-unsaturated/α-hetero) is 1. The van der Waals surface area contributed by atoms with Crippen molar-refractivity contribution >= 4 is 29.5 Å². The van der Waals surface area contributed by atoms with Gasteiger partial charge in [0.1, 0.15) is 6.04 Å². The first-order chi connectivity index (χ1) is 17.2. The van der Waals surface area contributed by atoms with Crippen molar-refractivity contribution in [3.05, 3.63) is 48.6 Å². The summed E-state index contributed by atoms with van der Waals surface area (Å²) in [6.45, 7) is 9.32. The van der Waals surface area contributed by atoms with Crippen LogP contribution >= 0.6 is 0 Å². The summed E-state index contributed by atoms with van der Waals surface area (Å²) in [5.41, 5.74) is 0.853. The summed E-state index contributed by atoms with van der Waals surface area (Å²) in [5, 5.41) is 7.98. The number of hydrogen-bond donors (Lipinski definition) is 3. The fourth-order valence-corrected chi connectivity index (χ4v) is 4.17. The molecule has 0 spiro atoms. The van der Waals surface area contributed by atoms with Gasteiger partial charge in [-0.15, -0.1) is 6.58 Å². The van der Waals surface area contributed by atoms with Crippen LogP contribution in [0.3, 0.4) is 0 Å². The molecule has 1 aromatic rings. The zero-order valence-electron chi connectivity index (χ0n) is 21.5. The number of carbonyl (C=O) groups excluding carboxylic acids is 5. The van der Waals surface area contributed by atoms with E-state index in [1.54, 1.807) is 7.05 Å². The Kier molecular flexibility index (Phi) is 10.8. The molecular weight excluding hydrogens is 462 g/mol. The molecule has 1 fully saturated rings. The highest BCUT2D eigenvalue weighted by Crippen LogP contribution is 2.22. The number of urea groups is 1. The van der Waals surface area contributed by atoms with E-state index in [4.69, 9.17) is 0 Å². The van der Waals surface area contributed by atoms with Gasteiger partial charge in [0.05, 0.1) is 18.6 Å². The molecule has 10 nitrogen and oxygen atoms in total. The van der Waals surface area contributed by atoms with Crippen LogP contribution in [0.25, 0.3) is 0 Å². The number of carbonyl (C=O) groups is 5. The van der Waals surface area contributed by atoms with Gasteiger partial charge >= 0.3 is 6.03 Å². The van der Waals surface area contributed by atoms with E-state index in [-0.39, 0.29) is 32.0 Å². The minimum absolute atomic E-state index is 0.0322. The average Bonchev–Trinajstić information content (AvgIpc) is 3.18. The normalized spacial score (nSPS) is 17.0. The number of amides is 5. The summed E-state index contributed by atoms with van der Waals surface area (Å²) in [6.07, 6.45) is 2.22. The smallest absolute Gasteiger partial charge is 0.327 e. The molecule has 5 amide bonds. The van der Waals surface area contributed by atoms with Crippen LogP contribution in [0.1, 0.15) is 39.2 Å². The van der Waals surface area contributed by atoms with Gasteiger partial charge in [-0.2, -0.15) is 0 Å². The van der Waals surface area contributed by atoms with Crippen molar-refractivity contribution in [1.82, 2.24) is 25.8 Å². The number of nitrogens with zero attached hydrogens (tertiary/aromatic N) is 2. The quantitative estimate of drug-likeness (QED) is 0.277. The van der Waals surface area contributed by atoms with E-state index in [0.29, 0.717) is 6.42 Å². The van der Waals surface area contributed by atoms with Crippen molar-refractivity contribution in [2.24, 2.45) is 5.92 Å². The Hall–Kier alpha value is -3.53. The van der Waals surface area contributed by atoms with Crippen LogP contribution < -0.4 is 16.0 Å². The maximum atomic E-state index is 13.4. The van der Waals surface area contributed by atoms with Crippen LogP contribution in [0.5, 0.6) is 0 Å². The fraction of sp³-hybridized carbons (Fsp3) is 0.500. The maximum Gasteiger partial charge on any atom is 0.327 e. The summed E-state index contributed by atoms with van der Waals surface area (Å²) in [6, 6.07) is 5.78. The lowest BCUT2D eigenvalue weighted by Gasteiger charge is -2.28. The highest BCUT2D eigenvalue weighted by molar-refractivity contribution is 6.38. The summed E-state index contributed by atoms with van der Waals surface area (Å²) in [4.78, 5) is 67.5. The van der Waals surface area contributed by atoms with Crippen molar-refractivity contribution in [3.63, 3.8) is 0 Å². The molecule has 1 aliphatic heterocycles. The number of likely N-dealkylation sites (N-methyl/N-ethyl adjacent to an activating group) is 1. The van der Waals surface area contributed by atoms with E-state index in [1.807, 2.05) is 51.1 Å². The lowest BCUT2D eigenvalue weighted by Crippen LogP contribution is -2.57. The van der Waals surface area contributed by atoms with Crippen molar-refractivity contribution in [3.8, 4) is 0 Å². The lowest BCUT2D eigenvalue weighted by atomic mass is 10.0. The molecule has 1 saturated heterocycles. The molecule has 3 atom stereocenters. The van der Waals surface area contributed by atoms with E-state index < -0.39 is 47.7 Å². The molecule has 0 bridgehead atoms. The van der Waals surface area contributed by atoms with Crippen LogP contribution in [0.15, 0.2) is 43.0 Å². The minimum atomic E-state index is -1.15. The summed E-state index contributed by atoms with van der Waals surface area (Å²) >= 11 is 0. The molecular formula is C26H37N5O5. The third kappa shape index (κ3) is 7.00. The number of benzene rings is 1. The Balaban J connectivity index is 2.32. The highest BCUT2D eigenvalue weighted by atomic mass is 16.2. The van der Waals surface area contributed by atoms with Crippen molar-refractivity contribution in [2.45, 2.75) is 58.3 Å². The van der Waals surface area contributed by atoms with E-state index >= 15 is 0 Å². The van der Waals surface area contributed by atoms with Gasteiger partial charge in [-0.1, -0.05) is 63.6 Å². The van der Waals surface area contributed by atoms with Gasteiger partial charge in [-0.25, -0.2) is 9.69 Å². The van der Waals surface area contributed by atoms with Crippen LogP contribution in [0, 0.1) is 5.92 Å². The molecule has 36 heavy (non-hydrogen) atoms. The molecule has 3 unspecified atom stereocenters. The Bertz CT molecular complexity index is 965. The summed E-state index contributed by atoms with van der Waals surface area (Å²) in [7, 11) is 1.62. The fourth-order valence-electron chi connectivity index (χ4n) is 4.17. The molecule has 0 aliphatic carbocycles. The van der Waals surface area contributed by atoms with Gasteiger partial charge in [-0.3, -0.25) is 19.2 Å². The van der Waals surface area contributed by atoms with Crippen molar-refractivity contribution in [2.75, 3.05) is 20.1 Å².